The summed E-state index contributed by atoms with van der Waals surface area (Å²) in [5, 5.41) is 3.03. The van der Waals surface area contributed by atoms with Gasteiger partial charge in [-0.3, -0.25) is 0 Å². The van der Waals surface area contributed by atoms with E-state index in [4.69, 9.17) is 4.74 Å². The average molecular weight is 124 g/mol. The van der Waals surface area contributed by atoms with Crippen molar-refractivity contribution in [1.29, 1.82) is 0 Å². The van der Waals surface area contributed by atoms with Crippen molar-refractivity contribution in [3.8, 4) is 0 Å². The molecule has 2 aliphatic heterocycles. The molecule has 0 aromatic rings. The second-order valence-corrected chi connectivity index (χ2v) is 2.00. The molecule has 3 heteroatoms. The first kappa shape index (κ1) is 4.88. The second kappa shape index (κ2) is 1.77. The van der Waals surface area contributed by atoms with Crippen LogP contribution in [0.15, 0.2) is 24.7 Å². The van der Waals surface area contributed by atoms with Crippen LogP contribution in [0.3, 0.4) is 0 Å². The van der Waals surface area contributed by atoms with Gasteiger partial charge in [-0.05, 0) is 6.08 Å². The second-order valence-electron chi connectivity index (χ2n) is 2.00. The molecule has 0 bridgehead atoms. The molecule has 1 N–H and O–H groups in total. The van der Waals surface area contributed by atoms with Crippen molar-refractivity contribution in [2.24, 2.45) is 0 Å². The third-order valence-corrected chi connectivity index (χ3v) is 1.38. The number of ether oxygens (including phenoxy) is 1. The van der Waals surface area contributed by atoms with Gasteiger partial charge in [-0.15, -0.1) is 0 Å². The lowest BCUT2D eigenvalue weighted by atomic mass is 10.5. The quantitative estimate of drug-likeness (QED) is 0.499. The van der Waals surface area contributed by atoms with E-state index in [1.54, 1.807) is 0 Å². The average Bonchev–Trinajstić information content (AvgIpc) is 2.33. The third kappa shape index (κ3) is 0.695. The lowest BCUT2D eigenvalue weighted by Crippen LogP contribution is -2.36. The predicted molar refractivity (Wildman–Crippen MR) is 33.0 cm³/mol. The molecule has 0 aliphatic carbocycles. The predicted octanol–water partition coefficient (Wildman–Crippen LogP) is 0.190. The number of hydrogen-bond acceptors (Lipinski definition) is 3. The first-order valence-electron chi connectivity index (χ1n) is 2.95. The van der Waals surface area contributed by atoms with Crippen LogP contribution in [0.2, 0.25) is 0 Å². The summed E-state index contributed by atoms with van der Waals surface area (Å²) < 4.78 is 5.27. The Morgan fingerprint density at radius 1 is 1.56 bits per heavy atom. The highest BCUT2D eigenvalue weighted by Crippen LogP contribution is 2.10. The van der Waals surface area contributed by atoms with Crippen LogP contribution in [0.5, 0.6) is 0 Å². The monoisotopic (exact) mass is 124 g/mol. The molecular weight excluding hydrogens is 116 g/mol. The van der Waals surface area contributed by atoms with Gasteiger partial charge in [0.2, 0.25) is 6.35 Å². The zero-order valence-corrected chi connectivity index (χ0v) is 4.95. The van der Waals surface area contributed by atoms with Gasteiger partial charge in [0.05, 0.1) is 6.61 Å². The lowest BCUT2D eigenvalue weighted by Gasteiger charge is -2.24. The summed E-state index contributed by atoms with van der Waals surface area (Å²) in [6.07, 6.45) is 7.86. The summed E-state index contributed by atoms with van der Waals surface area (Å²) in [6, 6.07) is 0. The molecule has 3 nitrogen and oxygen atoms in total. The fourth-order valence-electron chi connectivity index (χ4n) is 0.949. The zero-order valence-electron chi connectivity index (χ0n) is 4.95. The molecule has 1 atom stereocenters. The van der Waals surface area contributed by atoms with Gasteiger partial charge in [0.25, 0.3) is 0 Å². The van der Waals surface area contributed by atoms with E-state index < -0.39 is 0 Å². The van der Waals surface area contributed by atoms with Gasteiger partial charge in [-0.1, -0.05) is 0 Å². The molecule has 0 amide bonds. The molecule has 1 unspecified atom stereocenters. The van der Waals surface area contributed by atoms with E-state index in [0.29, 0.717) is 6.61 Å². The van der Waals surface area contributed by atoms with Crippen LogP contribution in [-0.4, -0.2) is 17.9 Å². The molecule has 9 heavy (non-hydrogen) atoms. The molecule has 0 fully saturated rings. The fourth-order valence-corrected chi connectivity index (χ4v) is 0.949. The maximum absolute atomic E-state index is 5.27. The molecule has 0 saturated carbocycles. The molecule has 0 aromatic heterocycles. The summed E-state index contributed by atoms with van der Waals surface area (Å²) in [6.45, 7) is 0.704. The van der Waals surface area contributed by atoms with Gasteiger partial charge in [0.15, 0.2) is 0 Å². The highest BCUT2D eigenvalue weighted by atomic mass is 16.5. The Morgan fingerprint density at radius 3 is 3.44 bits per heavy atom. The Bertz CT molecular complexity index is 164. The van der Waals surface area contributed by atoms with E-state index in [9.17, 15) is 0 Å². The molecule has 2 heterocycles. The van der Waals surface area contributed by atoms with Gasteiger partial charge in [-0.25, -0.2) is 0 Å². The molecule has 2 aliphatic rings. The Morgan fingerprint density at radius 2 is 2.56 bits per heavy atom. The molecule has 0 radical (unpaired) electrons. The number of nitrogens with one attached hydrogen (secondary N) is 1. The van der Waals surface area contributed by atoms with E-state index in [1.807, 2.05) is 29.6 Å². The zero-order chi connectivity index (χ0) is 6.10. The van der Waals surface area contributed by atoms with Gasteiger partial charge in [-0.2, -0.15) is 0 Å². The molecule has 2 rings (SSSR count). The molecule has 48 valence electrons. The summed E-state index contributed by atoms with van der Waals surface area (Å²) in [5.41, 5.74) is 0. The minimum Gasteiger partial charge on any atom is -0.347 e. The molecular formula is C6H8N2O. The van der Waals surface area contributed by atoms with Crippen molar-refractivity contribution in [3.05, 3.63) is 24.7 Å². The SMILES string of the molecule is C1=CN2C=CNC2OC1. The third-order valence-electron chi connectivity index (χ3n) is 1.38. The van der Waals surface area contributed by atoms with Crippen LogP contribution in [0.4, 0.5) is 0 Å². The Labute approximate surface area is 53.6 Å². The normalized spacial score (nSPS) is 30.2. The van der Waals surface area contributed by atoms with Crippen LogP contribution in [-0.2, 0) is 4.74 Å². The maximum atomic E-state index is 5.27. The van der Waals surface area contributed by atoms with Gasteiger partial charge < -0.3 is 15.0 Å². The first-order valence-corrected chi connectivity index (χ1v) is 2.95. The number of nitrogens with zero attached hydrogens (tertiary/aromatic N) is 1. The number of fused-ring (bicyclic) bond motifs is 1. The molecule has 0 spiro atoms. The summed E-state index contributed by atoms with van der Waals surface area (Å²) >= 11 is 0. The van der Waals surface area contributed by atoms with Crippen molar-refractivity contribution in [1.82, 2.24) is 10.2 Å². The minimum absolute atomic E-state index is 0.0509. The van der Waals surface area contributed by atoms with E-state index >= 15 is 0 Å². The standard InChI is InChI=1S/C6H8N2O/c1-3-8-4-2-7-6(8)9-5-1/h1-4,6-7H,5H2. The van der Waals surface area contributed by atoms with Gasteiger partial charge in [0, 0.05) is 18.6 Å². The smallest absolute Gasteiger partial charge is 0.211 e. The fraction of sp³-hybridized carbons (Fsp3) is 0.333. The summed E-state index contributed by atoms with van der Waals surface area (Å²) in [4.78, 5) is 1.98. The maximum Gasteiger partial charge on any atom is 0.211 e. The van der Waals surface area contributed by atoms with Crippen molar-refractivity contribution < 1.29 is 4.74 Å². The molecule has 0 aromatic carbocycles. The van der Waals surface area contributed by atoms with Crippen LogP contribution >= 0.6 is 0 Å². The van der Waals surface area contributed by atoms with Gasteiger partial charge >= 0.3 is 0 Å². The summed E-state index contributed by atoms with van der Waals surface area (Å²) in [5.74, 6) is 0. The minimum atomic E-state index is 0.0509. The van der Waals surface area contributed by atoms with Crippen LogP contribution < -0.4 is 5.32 Å². The van der Waals surface area contributed by atoms with Crippen molar-refractivity contribution in [2.45, 2.75) is 6.35 Å². The highest BCUT2D eigenvalue weighted by molar-refractivity contribution is 5.00. The highest BCUT2D eigenvalue weighted by Gasteiger charge is 2.18. The van der Waals surface area contributed by atoms with Crippen LogP contribution in [0.1, 0.15) is 0 Å². The Balaban J connectivity index is 2.17. The van der Waals surface area contributed by atoms with Crippen LogP contribution in [0, 0.1) is 0 Å². The van der Waals surface area contributed by atoms with Crippen molar-refractivity contribution in [3.63, 3.8) is 0 Å². The number of rotatable bonds is 0. The van der Waals surface area contributed by atoms with Crippen LogP contribution in [0.25, 0.3) is 0 Å². The van der Waals surface area contributed by atoms with E-state index in [0.717, 1.165) is 0 Å². The van der Waals surface area contributed by atoms with E-state index in [1.165, 1.54) is 0 Å². The molecule has 0 saturated heterocycles. The lowest BCUT2D eigenvalue weighted by molar-refractivity contribution is -0.0182. The first-order chi connectivity index (χ1) is 4.47. The topological polar surface area (TPSA) is 24.5 Å². The van der Waals surface area contributed by atoms with Gasteiger partial charge in [0.1, 0.15) is 0 Å². The van der Waals surface area contributed by atoms with Crippen molar-refractivity contribution >= 4 is 0 Å². The van der Waals surface area contributed by atoms with Crippen molar-refractivity contribution in [2.75, 3.05) is 6.61 Å². The summed E-state index contributed by atoms with van der Waals surface area (Å²) in [7, 11) is 0. The Hall–Kier alpha value is -0.960. The largest absolute Gasteiger partial charge is 0.347 e. The number of hydrogen-bond donors (Lipinski definition) is 1. The van der Waals surface area contributed by atoms with E-state index in [-0.39, 0.29) is 6.35 Å². The van der Waals surface area contributed by atoms with E-state index in [2.05, 4.69) is 5.32 Å². The Kier molecular flexibility index (Phi) is 0.960.